The lowest BCUT2D eigenvalue weighted by atomic mass is 10.0. The number of hydrogen-bond acceptors (Lipinski definition) is 2. The SMILES string of the molecule is Cc1cc(C)cc(-c2ccc3c(n2)sc2ccccc23)c1. The molecule has 0 radical (unpaired) electrons. The summed E-state index contributed by atoms with van der Waals surface area (Å²) >= 11 is 1.77. The monoisotopic (exact) mass is 289 g/mol. The van der Waals surface area contributed by atoms with Crippen molar-refractivity contribution in [1.29, 1.82) is 0 Å². The van der Waals surface area contributed by atoms with E-state index in [0.717, 1.165) is 10.5 Å². The third-order valence-corrected chi connectivity index (χ3v) is 4.84. The Hall–Kier alpha value is -2.19. The van der Waals surface area contributed by atoms with Gasteiger partial charge >= 0.3 is 0 Å². The van der Waals surface area contributed by atoms with E-state index in [9.17, 15) is 0 Å². The lowest BCUT2D eigenvalue weighted by molar-refractivity contribution is 1.35. The van der Waals surface area contributed by atoms with Crippen LogP contribution in [-0.2, 0) is 0 Å². The summed E-state index contributed by atoms with van der Waals surface area (Å²) < 4.78 is 1.30. The molecule has 2 aromatic carbocycles. The van der Waals surface area contributed by atoms with E-state index in [4.69, 9.17) is 4.98 Å². The van der Waals surface area contributed by atoms with Crippen LogP contribution < -0.4 is 0 Å². The van der Waals surface area contributed by atoms with Gasteiger partial charge in [-0.2, -0.15) is 0 Å². The van der Waals surface area contributed by atoms with Gasteiger partial charge in [-0.3, -0.25) is 0 Å². The molecule has 1 nitrogen and oxygen atoms in total. The van der Waals surface area contributed by atoms with Crippen molar-refractivity contribution < 1.29 is 0 Å². The molecule has 0 aliphatic heterocycles. The number of thiophene rings is 1. The zero-order valence-corrected chi connectivity index (χ0v) is 12.9. The molecule has 0 amide bonds. The lowest BCUT2D eigenvalue weighted by Crippen LogP contribution is -1.86. The molecule has 0 saturated carbocycles. The molecule has 4 aromatic rings. The van der Waals surface area contributed by atoms with E-state index in [2.05, 4.69) is 68.4 Å². The summed E-state index contributed by atoms with van der Waals surface area (Å²) in [6.45, 7) is 4.27. The molecule has 0 saturated heterocycles. The number of aryl methyl sites for hydroxylation is 2. The highest BCUT2D eigenvalue weighted by Gasteiger charge is 2.08. The molecule has 4 rings (SSSR count). The molecule has 0 bridgehead atoms. The molecular weight excluding hydrogens is 274 g/mol. The van der Waals surface area contributed by atoms with Crippen molar-refractivity contribution in [3.8, 4) is 11.3 Å². The molecular formula is C19H15NS. The van der Waals surface area contributed by atoms with Crippen LogP contribution >= 0.6 is 11.3 Å². The zero-order valence-electron chi connectivity index (χ0n) is 12.1. The van der Waals surface area contributed by atoms with E-state index in [1.54, 1.807) is 11.3 Å². The average Bonchev–Trinajstić information content (AvgIpc) is 2.83. The largest absolute Gasteiger partial charge is 0.237 e. The maximum Gasteiger partial charge on any atom is 0.125 e. The molecule has 0 atom stereocenters. The summed E-state index contributed by atoms with van der Waals surface area (Å²) in [7, 11) is 0. The van der Waals surface area contributed by atoms with Crippen LogP contribution in [0.4, 0.5) is 0 Å². The molecule has 2 heterocycles. The number of hydrogen-bond donors (Lipinski definition) is 0. The van der Waals surface area contributed by atoms with Gasteiger partial charge in [0.1, 0.15) is 4.83 Å². The van der Waals surface area contributed by atoms with Crippen LogP contribution in [0.15, 0.2) is 54.6 Å². The Labute approximate surface area is 127 Å². The Morgan fingerprint density at radius 1 is 0.810 bits per heavy atom. The van der Waals surface area contributed by atoms with Gasteiger partial charge in [-0.1, -0.05) is 35.4 Å². The van der Waals surface area contributed by atoms with Gasteiger partial charge in [0.2, 0.25) is 0 Å². The summed E-state index contributed by atoms with van der Waals surface area (Å²) in [5.41, 5.74) is 4.82. The number of aromatic nitrogens is 1. The molecule has 21 heavy (non-hydrogen) atoms. The minimum Gasteiger partial charge on any atom is -0.237 e. The van der Waals surface area contributed by atoms with Crippen molar-refractivity contribution in [2.45, 2.75) is 13.8 Å². The second-order valence-corrected chi connectivity index (χ2v) is 6.55. The Morgan fingerprint density at radius 2 is 1.57 bits per heavy atom. The molecule has 0 aliphatic rings. The van der Waals surface area contributed by atoms with Gasteiger partial charge in [0.25, 0.3) is 0 Å². The van der Waals surface area contributed by atoms with Crippen LogP contribution in [0.3, 0.4) is 0 Å². The highest BCUT2D eigenvalue weighted by molar-refractivity contribution is 7.25. The summed E-state index contributed by atoms with van der Waals surface area (Å²) in [4.78, 5) is 6.00. The maximum atomic E-state index is 4.88. The van der Waals surface area contributed by atoms with Gasteiger partial charge in [0.15, 0.2) is 0 Å². The second kappa shape index (κ2) is 4.68. The zero-order chi connectivity index (χ0) is 14.4. The molecule has 0 fully saturated rings. The summed E-state index contributed by atoms with van der Waals surface area (Å²) in [6, 6.07) is 19.5. The molecule has 0 N–H and O–H groups in total. The number of fused-ring (bicyclic) bond motifs is 3. The lowest BCUT2D eigenvalue weighted by Gasteiger charge is -2.04. The van der Waals surface area contributed by atoms with Crippen molar-refractivity contribution >= 4 is 31.6 Å². The molecule has 2 heteroatoms. The standard InChI is InChI=1S/C19H15NS/c1-12-9-13(2)11-14(10-12)17-8-7-16-15-5-3-4-6-18(15)21-19(16)20-17/h3-11H,1-2H3. The Bertz CT molecular complexity index is 946. The quantitative estimate of drug-likeness (QED) is 0.436. The Morgan fingerprint density at radius 3 is 2.38 bits per heavy atom. The predicted molar refractivity (Wildman–Crippen MR) is 92.0 cm³/mol. The number of nitrogens with zero attached hydrogens (tertiary/aromatic N) is 1. The molecule has 0 spiro atoms. The number of rotatable bonds is 1. The first-order chi connectivity index (χ1) is 10.2. The predicted octanol–water partition coefficient (Wildman–Crippen LogP) is 5.73. The third kappa shape index (κ3) is 2.12. The minimum absolute atomic E-state index is 1.06. The third-order valence-electron chi connectivity index (χ3n) is 3.76. The normalized spacial score (nSPS) is 11.3. The average molecular weight is 289 g/mol. The highest BCUT2D eigenvalue weighted by Crippen LogP contribution is 2.34. The molecule has 102 valence electrons. The fourth-order valence-corrected chi connectivity index (χ4v) is 3.96. The van der Waals surface area contributed by atoms with Crippen LogP contribution in [0.2, 0.25) is 0 Å². The topological polar surface area (TPSA) is 12.9 Å². The van der Waals surface area contributed by atoms with Gasteiger partial charge in [0, 0.05) is 21.0 Å². The van der Waals surface area contributed by atoms with Gasteiger partial charge in [-0.15, -0.1) is 11.3 Å². The fourth-order valence-electron chi connectivity index (χ4n) is 2.89. The highest BCUT2D eigenvalue weighted by atomic mass is 32.1. The van der Waals surface area contributed by atoms with Crippen LogP contribution in [0.1, 0.15) is 11.1 Å². The Kier molecular flexibility index (Phi) is 2.79. The first kappa shape index (κ1) is 12.5. The first-order valence-corrected chi connectivity index (χ1v) is 7.89. The van der Waals surface area contributed by atoms with Crippen LogP contribution in [0, 0.1) is 13.8 Å². The molecule has 0 unspecified atom stereocenters. The maximum absolute atomic E-state index is 4.88. The van der Waals surface area contributed by atoms with Crippen LogP contribution in [-0.4, -0.2) is 4.98 Å². The summed E-state index contributed by atoms with van der Waals surface area (Å²) in [5.74, 6) is 0. The van der Waals surface area contributed by atoms with Crippen molar-refractivity contribution in [2.24, 2.45) is 0 Å². The van der Waals surface area contributed by atoms with E-state index in [-0.39, 0.29) is 0 Å². The van der Waals surface area contributed by atoms with Crippen molar-refractivity contribution in [1.82, 2.24) is 4.98 Å². The first-order valence-electron chi connectivity index (χ1n) is 7.08. The van der Waals surface area contributed by atoms with Crippen molar-refractivity contribution in [2.75, 3.05) is 0 Å². The second-order valence-electron chi connectivity index (χ2n) is 5.52. The van der Waals surface area contributed by atoms with E-state index >= 15 is 0 Å². The minimum atomic E-state index is 1.06. The van der Waals surface area contributed by atoms with Crippen LogP contribution in [0.25, 0.3) is 31.6 Å². The van der Waals surface area contributed by atoms with E-state index in [1.165, 1.54) is 32.2 Å². The van der Waals surface area contributed by atoms with Gasteiger partial charge < -0.3 is 0 Å². The van der Waals surface area contributed by atoms with Gasteiger partial charge in [-0.25, -0.2) is 4.98 Å². The molecule has 2 aromatic heterocycles. The van der Waals surface area contributed by atoms with E-state index in [0.29, 0.717) is 0 Å². The van der Waals surface area contributed by atoms with Crippen molar-refractivity contribution in [3.63, 3.8) is 0 Å². The van der Waals surface area contributed by atoms with Gasteiger partial charge in [0.05, 0.1) is 5.69 Å². The van der Waals surface area contributed by atoms with E-state index in [1.807, 2.05) is 0 Å². The Balaban J connectivity index is 1.96. The number of benzene rings is 2. The van der Waals surface area contributed by atoms with Crippen molar-refractivity contribution in [3.05, 3.63) is 65.7 Å². The summed E-state index contributed by atoms with van der Waals surface area (Å²) in [6.07, 6.45) is 0. The smallest absolute Gasteiger partial charge is 0.125 e. The number of pyridine rings is 1. The van der Waals surface area contributed by atoms with E-state index < -0.39 is 0 Å². The fraction of sp³-hybridized carbons (Fsp3) is 0.105. The summed E-state index contributed by atoms with van der Waals surface area (Å²) in [5, 5.41) is 2.56. The van der Waals surface area contributed by atoms with Gasteiger partial charge in [-0.05, 0) is 44.2 Å². The van der Waals surface area contributed by atoms with Crippen LogP contribution in [0.5, 0.6) is 0 Å². The molecule has 0 aliphatic carbocycles.